The predicted molar refractivity (Wildman–Crippen MR) is 164 cm³/mol. The average Bonchev–Trinajstić information content (AvgIpc) is 3.39. The van der Waals surface area contributed by atoms with Crippen LogP contribution in [0.2, 0.25) is 0 Å². The molecule has 1 aromatic rings. The molecule has 0 saturated carbocycles. The third-order valence-corrected chi connectivity index (χ3v) is 8.93. The summed E-state index contributed by atoms with van der Waals surface area (Å²) < 4.78 is 6.16. The highest BCUT2D eigenvalue weighted by molar-refractivity contribution is 5.99. The van der Waals surface area contributed by atoms with Gasteiger partial charge in [0.1, 0.15) is 12.9 Å². The quantitative estimate of drug-likeness (QED) is 0.290. The molecular formula is C32H44N6O3. The van der Waals surface area contributed by atoms with Gasteiger partial charge in [0.25, 0.3) is 0 Å². The molecular weight excluding hydrogens is 516 g/mol. The van der Waals surface area contributed by atoms with Gasteiger partial charge in [0.2, 0.25) is 11.9 Å². The molecule has 3 heterocycles. The van der Waals surface area contributed by atoms with Gasteiger partial charge < -0.3 is 24.7 Å². The Hall–Kier alpha value is -3.46. The Kier molecular flexibility index (Phi) is 9.54. The minimum absolute atomic E-state index is 0.0322. The van der Waals surface area contributed by atoms with Crippen molar-refractivity contribution in [3.05, 3.63) is 48.2 Å². The summed E-state index contributed by atoms with van der Waals surface area (Å²) in [5, 5.41) is 7.58. The number of piperidine rings is 1. The van der Waals surface area contributed by atoms with Crippen molar-refractivity contribution in [2.24, 2.45) is 32.4 Å². The fourth-order valence-corrected chi connectivity index (χ4v) is 6.30. The Labute approximate surface area is 244 Å². The van der Waals surface area contributed by atoms with Gasteiger partial charge in [0.15, 0.2) is 0 Å². The molecule has 1 spiro atoms. The Bertz CT molecular complexity index is 1190. The molecule has 0 aromatic heterocycles. The first-order valence-corrected chi connectivity index (χ1v) is 15.0. The Morgan fingerprint density at radius 3 is 2.56 bits per heavy atom. The van der Waals surface area contributed by atoms with Crippen molar-refractivity contribution in [2.75, 3.05) is 53.0 Å². The number of nitrogens with one attached hydrogen (secondary N) is 1. The standard InChI is InChI=1S/C32H44N6O3/c1-4-5-16-35-31(33-2)37-17-14-24(15-18-37)20-41-28-12-10-26(11-13-28)25-6-8-27(9-7-25)30(39)38-19-29(36-40-3)32(23-38)21-34-22-32/h5-6,10-13,16,24,27,34H,2,4,7-9,14-15,17-23H2,1,3H3/b16-5+,35-31+,36-29+. The zero-order chi connectivity index (χ0) is 28.7. The second-order valence-corrected chi connectivity index (χ2v) is 11.6. The molecule has 1 atom stereocenters. The number of oxime groups is 1. The van der Waals surface area contributed by atoms with Crippen LogP contribution in [0.1, 0.15) is 51.0 Å². The molecule has 9 nitrogen and oxygen atoms in total. The van der Waals surface area contributed by atoms with Crippen molar-refractivity contribution in [3.8, 4) is 5.75 Å². The fraction of sp³-hybridized carbons (Fsp3) is 0.562. The van der Waals surface area contributed by atoms with E-state index in [1.807, 2.05) is 17.2 Å². The van der Waals surface area contributed by atoms with Crippen LogP contribution in [-0.4, -0.2) is 87.1 Å². The van der Waals surface area contributed by atoms with Crippen molar-refractivity contribution in [3.63, 3.8) is 0 Å². The van der Waals surface area contributed by atoms with Crippen molar-refractivity contribution in [2.45, 2.75) is 45.4 Å². The van der Waals surface area contributed by atoms with E-state index in [1.165, 1.54) is 11.1 Å². The topological polar surface area (TPSA) is 91.1 Å². The molecule has 1 unspecified atom stereocenters. The molecule has 4 aliphatic rings. The summed E-state index contributed by atoms with van der Waals surface area (Å²) in [5.41, 5.74) is 3.50. The van der Waals surface area contributed by atoms with Crippen molar-refractivity contribution in [1.29, 1.82) is 0 Å². The van der Waals surface area contributed by atoms with E-state index in [0.717, 1.165) is 82.7 Å². The van der Waals surface area contributed by atoms with E-state index in [-0.39, 0.29) is 17.2 Å². The molecule has 1 aliphatic carbocycles. The maximum atomic E-state index is 13.3. The van der Waals surface area contributed by atoms with Crippen LogP contribution in [0.3, 0.4) is 0 Å². The minimum atomic E-state index is -0.0322. The molecule has 41 heavy (non-hydrogen) atoms. The van der Waals surface area contributed by atoms with Gasteiger partial charge in [-0.2, -0.15) is 0 Å². The van der Waals surface area contributed by atoms with E-state index in [2.05, 4.69) is 69.3 Å². The average molecular weight is 561 g/mol. The molecule has 0 radical (unpaired) electrons. The first-order valence-electron chi connectivity index (χ1n) is 15.0. The van der Waals surface area contributed by atoms with E-state index in [1.54, 1.807) is 7.11 Å². The zero-order valence-electron chi connectivity index (χ0n) is 24.6. The highest BCUT2D eigenvalue weighted by Crippen LogP contribution is 2.36. The van der Waals surface area contributed by atoms with Crippen LogP contribution < -0.4 is 10.1 Å². The predicted octanol–water partition coefficient (Wildman–Crippen LogP) is 4.38. The summed E-state index contributed by atoms with van der Waals surface area (Å²) in [6, 6.07) is 8.44. The summed E-state index contributed by atoms with van der Waals surface area (Å²) in [4.78, 5) is 31.1. The van der Waals surface area contributed by atoms with Gasteiger partial charge in [0, 0.05) is 44.8 Å². The normalized spacial score (nSPS) is 24.0. The molecule has 3 saturated heterocycles. The molecule has 3 fully saturated rings. The molecule has 5 rings (SSSR count). The Morgan fingerprint density at radius 2 is 1.95 bits per heavy atom. The number of benzene rings is 1. The van der Waals surface area contributed by atoms with Crippen LogP contribution in [0.15, 0.2) is 57.8 Å². The summed E-state index contributed by atoms with van der Waals surface area (Å²) >= 11 is 0. The smallest absolute Gasteiger partial charge is 0.226 e. The lowest BCUT2D eigenvalue weighted by molar-refractivity contribution is -0.135. The van der Waals surface area contributed by atoms with E-state index in [0.29, 0.717) is 25.0 Å². The molecule has 1 aromatic carbocycles. The summed E-state index contributed by atoms with van der Waals surface area (Å²) in [7, 11) is 1.58. The number of carbonyl (C=O) groups excluding carboxylic acids is 1. The number of aliphatic imine (C=N–C) groups is 2. The van der Waals surface area contributed by atoms with Crippen molar-refractivity contribution in [1.82, 2.24) is 15.1 Å². The third-order valence-electron chi connectivity index (χ3n) is 8.93. The number of amides is 1. The molecule has 1 N–H and O–H groups in total. The highest BCUT2D eigenvalue weighted by atomic mass is 16.6. The number of guanidine groups is 1. The number of hydrogen-bond acceptors (Lipinski definition) is 6. The lowest BCUT2D eigenvalue weighted by Gasteiger charge is -2.39. The second kappa shape index (κ2) is 13.5. The highest BCUT2D eigenvalue weighted by Gasteiger charge is 2.50. The number of nitrogens with zero attached hydrogens (tertiary/aromatic N) is 5. The monoisotopic (exact) mass is 560 g/mol. The summed E-state index contributed by atoms with van der Waals surface area (Å²) in [5.74, 6) is 2.42. The van der Waals surface area contributed by atoms with E-state index < -0.39 is 0 Å². The van der Waals surface area contributed by atoms with Crippen LogP contribution in [0, 0.1) is 17.3 Å². The van der Waals surface area contributed by atoms with Gasteiger partial charge in [0.05, 0.1) is 24.3 Å². The van der Waals surface area contributed by atoms with Gasteiger partial charge in [-0.3, -0.25) is 4.79 Å². The van der Waals surface area contributed by atoms with Gasteiger partial charge >= 0.3 is 0 Å². The second-order valence-electron chi connectivity index (χ2n) is 11.6. The van der Waals surface area contributed by atoms with Crippen LogP contribution in [0.5, 0.6) is 5.75 Å². The SMILES string of the molecule is C=N/C(=N\C=C\CC)N1CCC(COc2ccc(C3=CCC(C(=O)N4C/C(=N\OC)C5(CNC5)C4)CC3)cc2)CC1. The molecule has 1 amide bonds. The number of carbonyl (C=O) groups is 1. The zero-order valence-corrected chi connectivity index (χ0v) is 24.6. The maximum Gasteiger partial charge on any atom is 0.226 e. The van der Waals surface area contributed by atoms with Crippen LogP contribution in [-0.2, 0) is 9.63 Å². The van der Waals surface area contributed by atoms with E-state index in [9.17, 15) is 4.79 Å². The minimum Gasteiger partial charge on any atom is -0.493 e. The summed E-state index contributed by atoms with van der Waals surface area (Å²) in [6.45, 7) is 11.4. The Balaban J connectivity index is 1.07. The van der Waals surface area contributed by atoms with Crippen molar-refractivity contribution >= 4 is 29.9 Å². The number of hydrogen-bond donors (Lipinski definition) is 1. The number of rotatable bonds is 8. The van der Waals surface area contributed by atoms with Gasteiger partial charge in [-0.1, -0.05) is 36.4 Å². The fourth-order valence-electron chi connectivity index (χ4n) is 6.30. The number of likely N-dealkylation sites (tertiary alicyclic amines) is 2. The first kappa shape index (κ1) is 29.0. The van der Waals surface area contributed by atoms with E-state index >= 15 is 0 Å². The molecule has 0 bridgehead atoms. The first-order chi connectivity index (χ1) is 20.0. The lowest BCUT2D eigenvalue weighted by atomic mass is 9.79. The van der Waals surface area contributed by atoms with Crippen LogP contribution >= 0.6 is 0 Å². The summed E-state index contributed by atoms with van der Waals surface area (Å²) in [6.07, 6.45) is 11.7. The van der Waals surface area contributed by atoms with Crippen LogP contribution in [0.25, 0.3) is 5.57 Å². The lowest BCUT2D eigenvalue weighted by Crippen LogP contribution is -2.58. The molecule has 9 heteroatoms. The Morgan fingerprint density at radius 1 is 1.17 bits per heavy atom. The van der Waals surface area contributed by atoms with Gasteiger partial charge in [-0.15, -0.1) is 0 Å². The van der Waals surface area contributed by atoms with Gasteiger partial charge in [-0.25, -0.2) is 9.98 Å². The molecule has 3 aliphatic heterocycles. The van der Waals surface area contributed by atoms with Crippen molar-refractivity contribution < 1.29 is 14.4 Å². The largest absolute Gasteiger partial charge is 0.493 e. The van der Waals surface area contributed by atoms with Crippen LogP contribution in [0.4, 0.5) is 0 Å². The number of ether oxygens (including phenoxy) is 1. The van der Waals surface area contributed by atoms with Gasteiger partial charge in [-0.05, 0) is 74.4 Å². The maximum absolute atomic E-state index is 13.3. The number of allylic oxidation sites excluding steroid dienone is 3. The van der Waals surface area contributed by atoms with E-state index in [4.69, 9.17) is 9.57 Å². The molecule has 220 valence electrons. The third kappa shape index (κ3) is 6.72.